The molecule has 0 saturated carbocycles. The van der Waals surface area contributed by atoms with Gasteiger partial charge in [-0.15, -0.1) is 0 Å². The third-order valence-corrected chi connectivity index (χ3v) is 7.19. The smallest absolute Gasteiger partial charge is 0.439 e. The number of benzene rings is 2. The quantitative estimate of drug-likeness (QED) is 0.497. The molecule has 1 aliphatic rings. The zero-order valence-electron chi connectivity index (χ0n) is 17.0. The maximum atomic E-state index is 13.3. The van der Waals surface area contributed by atoms with Crippen LogP contribution in [0.5, 0.6) is 5.88 Å². The van der Waals surface area contributed by atoms with E-state index in [1.165, 1.54) is 16.4 Å². The Hall–Kier alpha value is -3.92. The minimum Gasteiger partial charge on any atom is -0.481 e. The normalized spacial score (nSPS) is 13.2. The third-order valence-electron chi connectivity index (χ3n) is 5.36. The van der Waals surface area contributed by atoms with Crippen molar-refractivity contribution >= 4 is 15.7 Å². The molecule has 0 aliphatic carbocycles. The van der Waals surface area contributed by atoms with Crippen molar-refractivity contribution < 1.29 is 17.7 Å². The van der Waals surface area contributed by atoms with Gasteiger partial charge >= 0.3 is 5.76 Å². The second-order valence-electron chi connectivity index (χ2n) is 7.20. The Morgan fingerprint density at radius 1 is 1.09 bits per heavy atom. The maximum Gasteiger partial charge on any atom is 0.439 e. The standard InChI is InChI=1S/C22H18N4O5S/c1-30-21-18(3-2-11-23-21)15-6-9-19-16(13-15)10-12-26(19)32(28,29)17-7-4-14(5-8-17)20-24-22(27)31-25-20/h2-9,11,13H,10,12H2,1H3,(H,24,25,27). The highest BCUT2D eigenvalue weighted by atomic mass is 32.2. The molecule has 3 heterocycles. The zero-order valence-corrected chi connectivity index (χ0v) is 17.8. The summed E-state index contributed by atoms with van der Waals surface area (Å²) in [6.45, 7) is 0.351. The number of rotatable bonds is 5. The van der Waals surface area contributed by atoms with Gasteiger partial charge in [0.15, 0.2) is 5.82 Å². The average molecular weight is 450 g/mol. The van der Waals surface area contributed by atoms with Gasteiger partial charge in [-0.1, -0.05) is 11.2 Å². The number of H-pyrrole nitrogens is 1. The summed E-state index contributed by atoms with van der Waals surface area (Å²) >= 11 is 0. The number of aromatic nitrogens is 3. The molecule has 10 heteroatoms. The molecule has 0 radical (unpaired) electrons. The molecule has 5 rings (SSSR count). The number of nitrogens with one attached hydrogen (secondary N) is 1. The van der Waals surface area contributed by atoms with E-state index in [9.17, 15) is 13.2 Å². The number of hydrogen-bond acceptors (Lipinski definition) is 7. The topological polar surface area (TPSA) is 118 Å². The lowest BCUT2D eigenvalue weighted by molar-refractivity contribution is 0.388. The van der Waals surface area contributed by atoms with Crippen LogP contribution in [-0.4, -0.2) is 37.2 Å². The van der Waals surface area contributed by atoms with E-state index < -0.39 is 15.8 Å². The van der Waals surface area contributed by atoms with E-state index in [0.717, 1.165) is 16.7 Å². The van der Waals surface area contributed by atoms with Crippen molar-refractivity contribution in [3.05, 3.63) is 76.9 Å². The van der Waals surface area contributed by atoms with Gasteiger partial charge in [-0.2, -0.15) is 0 Å². The van der Waals surface area contributed by atoms with Crippen LogP contribution in [0.3, 0.4) is 0 Å². The van der Waals surface area contributed by atoms with Gasteiger partial charge in [0.2, 0.25) is 5.88 Å². The Kier molecular flexibility index (Phi) is 4.78. The van der Waals surface area contributed by atoms with Crippen LogP contribution in [0.1, 0.15) is 5.56 Å². The van der Waals surface area contributed by atoms with Gasteiger partial charge in [0.05, 0.1) is 17.7 Å². The van der Waals surface area contributed by atoms with Crippen LogP contribution in [0, 0.1) is 0 Å². The summed E-state index contributed by atoms with van der Waals surface area (Å²) in [5, 5.41) is 3.61. The zero-order chi connectivity index (χ0) is 22.3. The van der Waals surface area contributed by atoms with E-state index in [1.54, 1.807) is 25.4 Å². The van der Waals surface area contributed by atoms with E-state index >= 15 is 0 Å². The first kappa shape index (κ1) is 20.0. The molecule has 0 saturated heterocycles. The van der Waals surface area contributed by atoms with Crippen LogP contribution in [0.15, 0.2) is 75.0 Å². The van der Waals surface area contributed by atoms with Crippen LogP contribution in [0.4, 0.5) is 5.69 Å². The van der Waals surface area contributed by atoms with Gasteiger partial charge in [0, 0.05) is 23.9 Å². The summed E-state index contributed by atoms with van der Waals surface area (Å²) in [5.41, 5.74) is 3.90. The van der Waals surface area contributed by atoms with Crippen molar-refractivity contribution in [2.45, 2.75) is 11.3 Å². The molecule has 0 spiro atoms. The second kappa shape index (κ2) is 7.65. The Morgan fingerprint density at radius 2 is 1.88 bits per heavy atom. The monoisotopic (exact) mass is 450 g/mol. The predicted molar refractivity (Wildman–Crippen MR) is 117 cm³/mol. The number of nitrogens with zero attached hydrogens (tertiary/aromatic N) is 3. The molecule has 0 bridgehead atoms. The Balaban J connectivity index is 1.46. The molecule has 2 aromatic carbocycles. The number of ether oxygens (including phenoxy) is 1. The average Bonchev–Trinajstić information content (AvgIpc) is 3.45. The summed E-state index contributed by atoms with van der Waals surface area (Å²) in [4.78, 5) is 18.0. The molecular formula is C22H18N4O5S. The molecule has 1 aliphatic heterocycles. The van der Waals surface area contributed by atoms with Gasteiger partial charge in [-0.25, -0.2) is 18.2 Å². The molecule has 32 heavy (non-hydrogen) atoms. The molecule has 4 aromatic rings. The van der Waals surface area contributed by atoms with E-state index in [2.05, 4.69) is 19.6 Å². The first-order valence-electron chi connectivity index (χ1n) is 9.79. The molecule has 0 atom stereocenters. The molecule has 0 unspecified atom stereocenters. The highest BCUT2D eigenvalue weighted by Gasteiger charge is 2.31. The highest BCUT2D eigenvalue weighted by Crippen LogP contribution is 2.37. The molecule has 2 aromatic heterocycles. The number of hydrogen-bond donors (Lipinski definition) is 1. The first-order valence-corrected chi connectivity index (χ1v) is 11.2. The number of fused-ring (bicyclic) bond motifs is 1. The number of methoxy groups -OCH3 is 1. The van der Waals surface area contributed by atoms with Crippen molar-refractivity contribution in [3.63, 3.8) is 0 Å². The summed E-state index contributed by atoms with van der Waals surface area (Å²) in [6, 6.07) is 15.6. The van der Waals surface area contributed by atoms with Gasteiger partial charge in [0.25, 0.3) is 10.0 Å². The number of pyridine rings is 1. The van der Waals surface area contributed by atoms with E-state index in [1.807, 2.05) is 30.3 Å². The van der Waals surface area contributed by atoms with Gasteiger partial charge < -0.3 is 4.74 Å². The molecule has 0 fully saturated rings. The van der Waals surface area contributed by atoms with E-state index in [4.69, 9.17) is 4.74 Å². The van der Waals surface area contributed by atoms with Crippen LogP contribution in [0.2, 0.25) is 0 Å². The molecule has 9 nitrogen and oxygen atoms in total. The summed E-state index contributed by atoms with van der Waals surface area (Å²) in [7, 11) is -2.19. The van der Waals surface area contributed by atoms with Crippen molar-refractivity contribution in [3.8, 4) is 28.4 Å². The van der Waals surface area contributed by atoms with Crippen molar-refractivity contribution in [1.82, 2.24) is 15.1 Å². The largest absolute Gasteiger partial charge is 0.481 e. The van der Waals surface area contributed by atoms with Crippen molar-refractivity contribution in [2.24, 2.45) is 0 Å². The third kappa shape index (κ3) is 3.34. The van der Waals surface area contributed by atoms with Gasteiger partial charge in [-0.3, -0.25) is 13.8 Å². The Labute approximate surface area is 183 Å². The lowest BCUT2D eigenvalue weighted by Gasteiger charge is -2.20. The minimum atomic E-state index is -3.76. The first-order chi connectivity index (χ1) is 15.5. The minimum absolute atomic E-state index is 0.151. The van der Waals surface area contributed by atoms with Crippen LogP contribution in [0.25, 0.3) is 22.5 Å². The van der Waals surface area contributed by atoms with Crippen LogP contribution in [-0.2, 0) is 16.4 Å². The SMILES string of the molecule is COc1ncccc1-c1ccc2c(c1)CCN2S(=O)(=O)c1ccc(-c2noc(=O)[nH]2)cc1. The van der Waals surface area contributed by atoms with Crippen molar-refractivity contribution in [1.29, 1.82) is 0 Å². The van der Waals surface area contributed by atoms with Crippen molar-refractivity contribution in [2.75, 3.05) is 18.0 Å². The summed E-state index contributed by atoms with van der Waals surface area (Å²) < 4.78 is 37.9. The summed E-state index contributed by atoms with van der Waals surface area (Å²) in [5.74, 6) is 0.0842. The number of aromatic amines is 1. The van der Waals surface area contributed by atoms with Gasteiger partial charge in [0.1, 0.15) is 0 Å². The highest BCUT2D eigenvalue weighted by molar-refractivity contribution is 7.92. The van der Waals surface area contributed by atoms with E-state index in [0.29, 0.717) is 30.1 Å². The summed E-state index contributed by atoms with van der Waals surface area (Å²) in [6.07, 6.45) is 2.26. The number of anilines is 1. The Morgan fingerprint density at radius 3 is 2.59 bits per heavy atom. The van der Waals surface area contributed by atoms with Crippen LogP contribution < -0.4 is 14.8 Å². The van der Waals surface area contributed by atoms with E-state index in [-0.39, 0.29) is 10.7 Å². The predicted octanol–water partition coefficient (Wildman–Crippen LogP) is 2.85. The number of sulfonamides is 1. The van der Waals surface area contributed by atoms with Crippen LogP contribution >= 0.6 is 0 Å². The second-order valence-corrected chi connectivity index (χ2v) is 9.06. The van der Waals surface area contributed by atoms with Gasteiger partial charge in [-0.05, 0) is 66.1 Å². The molecule has 1 N–H and O–H groups in total. The fraction of sp³-hybridized carbons (Fsp3) is 0.136. The Bertz CT molecular complexity index is 1460. The lowest BCUT2D eigenvalue weighted by Crippen LogP contribution is -2.29. The fourth-order valence-electron chi connectivity index (χ4n) is 3.83. The lowest BCUT2D eigenvalue weighted by atomic mass is 10.0. The molecule has 0 amide bonds. The molecule has 162 valence electrons. The maximum absolute atomic E-state index is 13.3. The fourth-order valence-corrected chi connectivity index (χ4v) is 5.33. The molecular weight excluding hydrogens is 432 g/mol.